The molecule has 0 aliphatic carbocycles. The van der Waals surface area contributed by atoms with Crippen molar-refractivity contribution < 1.29 is 19.1 Å². The minimum absolute atomic E-state index is 0.257. The molecular weight excluding hydrogens is 548 g/mol. The van der Waals surface area contributed by atoms with Crippen molar-refractivity contribution in [2.45, 2.75) is 39.5 Å². The van der Waals surface area contributed by atoms with Crippen molar-refractivity contribution in [2.24, 2.45) is 0 Å². The third kappa shape index (κ3) is 8.48. The number of hydrogen-bond donors (Lipinski definition) is 2. The Morgan fingerprint density at radius 2 is 0.932 bits per heavy atom. The molecule has 0 fully saturated rings. The van der Waals surface area contributed by atoms with Gasteiger partial charge in [0.15, 0.2) is 0 Å². The van der Waals surface area contributed by atoms with Gasteiger partial charge in [-0.1, -0.05) is 88.4 Å². The van der Waals surface area contributed by atoms with Crippen LogP contribution < -0.4 is 20.1 Å². The number of rotatable bonds is 11. The smallest absolute Gasteiger partial charge is 0.248 e. The number of methoxy groups -OCH3 is 2. The molecule has 0 aliphatic rings. The first-order valence-electron chi connectivity index (χ1n) is 14.7. The van der Waals surface area contributed by atoms with E-state index < -0.39 is 0 Å². The van der Waals surface area contributed by atoms with Gasteiger partial charge in [-0.2, -0.15) is 0 Å². The molecule has 0 atom stereocenters. The molecule has 0 saturated heterocycles. The molecule has 4 aromatic carbocycles. The molecule has 6 nitrogen and oxygen atoms in total. The van der Waals surface area contributed by atoms with E-state index in [4.69, 9.17) is 9.47 Å². The number of ether oxygens (including phenoxy) is 2. The predicted molar refractivity (Wildman–Crippen MR) is 181 cm³/mol. The van der Waals surface area contributed by atoms with E-state index in [-0.39, 0.29) is 11.8 Å². The Kier molecular flexibility index (Phi) is 10.8. The van der Waals surface area contributed by atoms with Crippen LogP contribution in [0.15, 0.2) is 97.1 Å². The van der Waals surface area contributed by atoms with Crippen molar-refractivity contribution in [2.75, 3.05) is 24.9 Å². The molecule has 0 unspecified atom stereocenters. The number of nitrogens with one attached hydrogen (secondary N) is 2. The molecule has 0 bridgehead atoms. The maximum absolute atomic E-state index is 12.6. The molecule has 4 aromatic rings. The highest BCUT2D eigenvalue weighted by Gasteiger charge is 2.12. The highest BCUT2D eigenvalue weighted by molar-refractivity contribution is 6.04. The molecule has 6 heteroatoms. The van der Waals surface area contributed by atoms with Crippen LogP contribution in [0.3, 0.4) is 0 Å². The van der Waals surface area contributed by atoms with E-state index in [1.165, 1.54) is 23.3 Å². The topological polar surface area (TPSA) is 76.7 Å². The number of amides is 2. The number of carbonyl (C=O) groups is 2. The van der Waals surface area contributed by atoms with Crippen LogP contribution >= 0.6 is 0 Å². The second-order valence-electron chi connectivity index (χ2n) is 11.1. The maximum atomic E-state index is 12.6. The van der Waals surface area contributed by atoms with Gasteiger partial charge in [0.25, 0.3) is 0 Å². The van der Waals surface area contributed by atoms with Crippen LogP contribution in [0.1, 0.15) is 61.8 Å². The molecule has 0 aromatic heterocycles. The first-order chi connectivity index (χ1) is 21.2. The third-order valence-corrected chi connectivity index (χ3v) is 7.31. The van der Waals surface area contributed by atoms with E-state index >= 15 is 0 Å². The van der Waals surface area contributed by atoms with Crippen LogP contribution in [0.2, 0.25) is 0 Å². The summed E-state index contributed by atoms with van der Waals surface area (Å²) >= 11 is 0. The van der Waals surface area contributed by atoms with Crippen molar-refractivity contribution in [1.29, 1.82) is 0 Å². The highest BCUT2D eigenvalue weighted by Crippen LogP contribution is 2.35. The van der Waals surface area contributed by atoms with Gasteiger partial charge in [0.2, 0.25) is 11.8 Å². The van der Waals surface area contributed by atoms with E-state index in [1.54, 1.807) is 38.5 Å². The standard InChI is InChI=1S/C38H40N2O4/c1-25(2)29-13-7-27(8-14-29)11-21-37(41)39-33-19-17-31(23-35(33)43-5)32-18-20-34(36(24-32)44-6)40-38(42)22-12-28-9-15-30(16-10-28)26(3)4/h7-26H,1-6H3,(H,39,41)(H,40,42)/b21-11+,22-12+. The lowest BCUT2D eigenvalue weighted by molar-refractivity contribution is -0.112. The Morgan fingerprint density at radius 1 is 0.568 bits per heavy atom. The average Bonchev–Trinajstić information content (AvgIpc) is 3.03. The summed E-state index contributed by atoms with van der Waals surface area (Å²) in [5.74, 6) is 1.44. The molecule has 44 heavy (non-hydrogen) atoms. The lowest BCUT2D eigenvalue weighted by atomic mass is 10.0. The third-order valence-electron chi connectivity index (χ3n) is 7.31. The Labute approximate surface area is 260 Å². The quantitative estimate of drug-likeness (QED) is 0.172. The van der Waals surface area contributed by atoms with Crippen LogP contribution in [0.4, 0.5) is 11.4 Å². The minimum atomic E-state index is -0.257. The lowest BCUT2D eigenvalue weighted by Crippen LogP contribution is -2.09. The van der Waals surface area contributed by atoms with E-state index in [9.17, 15) is 9.59 Å². The maximum Gasteiger partial charge on any atom is 0.248 e. The summed E-state index contributed by atoms with van der Waals surface area (Å²) < 4.78 is 11.2. The average molecular weight is 589 g/mol. The van der Waals surface area contributed by atoms with Gasteiger partial charge in [0.1, 0.15) is 11.5 Å². The SMILES string of the molecule is COc1cc(-c2ccc(NC(=O)/C=C/c3ccc(C(C)C)cc3)c(OC)c2)ccc1NC(=O)/C=C/c1ccc(C(C)C)cc1. The minimum Gasteiger partial charge on any atom is -0.495 e. The fourth-order valence-electron chi connectivity index (χ4n) is 4.62. The van der Waals surface area contributed by atoms with Crippen LogP contribution in [0, 0.1) is 0 Å². The molecule has 226 valence electrons. The first kappa shape index (κ1) is 31.8. The fraction of sp³-hybridized carbons (Fsp3) is 0.211. The fourth-order valence-corrected chi connectivity index (χ4v) is 4.62. The van der Waals surface area contributed by atoms with Gasteiger partial charge in [0, 0.05) is 12.2 Å². The Hall–Kier alpha value is -5.10. The van der Waals surface area contributed by atoms with Crippen molar-refractivity contribution in [1.82, 2.24) is 0 Å². The van der Waals surface area contributed by atoms with Crippen LogP contribution in [0.25, 0.3) is 23.3 Å². The molecule has 0 spiro atoms. The van der Waals surface area contributed by atoms with Crippen molar-refractivity contribution in [3.8, 4) is 22.6 Å². The lowest BCUT2D eigenvalue weighted by Gasteiger charge is -2.14. The summed E-state index contributed by atoms with van der Waals surface area (Å²) in [5.41, 5.74) is 7.25. The number of hydrogen-bond acceptors (Lipinski definition) is 4. The van der Waals surface area contributed by atoms with Gasteiger partial charge in [-0.05, 0) is 81.6 Å². The summed E-state index contributed by atoms with van der Waals surface area (Å²) in [4.78, 5) is 25.3. The van der Waals surface area contributed by atoms with Gasteiger partial charge in [-0.15, -0.1) is 0 Å². The van der Waals surface area contributed by atoms with E-state index in [2.05, 4.69) is 62.6 Å². The molecule has 4 rings (SSSR count). The second kappa shape index (κ2) is 14.9. The highest BCUT2D eigenvalue weighted by atomic mass is 16.5. The van der Waals surface area contributed by atoms with Crippen molar-refractivity contribution >= 4 is 35.3 Å². The Balaban J connectivity index is 1.43. The largest absolute Gasteiger partial charge is 0.495 e. The number of benzene rings is 4. The predicted octanol–water partition coefficient (Wildman–Crippen LogP) is 8.92. The summed E-state index contributed by atoms with van der Waals surface area (Å²) in [6.45, 7) is 8.60. The van der Waals surface area contributed by atoms with Crippen LogP contribution in [-0.2, 0) is 9.59 Å². The first-order valence-corrected chi connectivity index (χ1v) is 14.7. The summed E-state index contributed by atoms with van der Waals surface area (Å²) in [6, 6.07) is 27.4. The summed E-state index contributed by atoms with van der Waals surface area (Å²) in [5, 5.41) is 5.79. The van der Waals surface area contributed by atoms with Gasteiger partial charge in [-0.25, -0.2) is 0 Å². The molecule has 2 amide bonds. The second-order valence-corrected chi connectivity index (χ2v) is 11.1. The van der Waals surface area contributed by atoms with Crippen LogP contribution in [-0.4, -0.2) is 26.0 Å². The molecule has 0 saturated carbocycles. The van der Waals surface area contributed by atoms with Crippen molar-refractivity contribution in [3.05, 3.63) is 119 Å². The zero-order chi connectivity index (χ0) is 31.6. The van der Waals surface area contributed by atoms with Crippen molar-refractivity contribution in [3.63, 3.8) is 0 Å². The molecular formula is C38H40N2O4. The normalized spacial score (nSPS) is 11.4. The van der Waals surface area contributed by atoms with E-state index in [1.807, 2.05) is 48.5 Å². The van der Waals surface area contributed by atoms with E-state index in [0.717, 1.165) is 22.3 Å². The Morgan fingerprint density at radius 3 is 1.25 bits per heavy atom. The monoisotopic (exact) mass is 588 g/mol. The number of carbonyl (C=O) groups excluding carboxylic acids is 2. The van der Waals surface area contributed by atoms with Gasteiger partial charge in [-0.3, -0.25) is 9.59 Å². The molecule has 0 aliphatic heterocycles. The van der Waals surface area contributed by atoms with Gasteiger partial charge < -0.3 is 20.1 Å². The van der Waals surface area contributed by atoms with Gasteiger partial charge in [0.05, 0.1) is 25.6 Å². The van der Waals surface area contributed by atoms with Gasteiger partial charge >= 0.3 is 0 Å². The molecule has 0 radical (unpaired) electrons. The zero-order valence-electron chi connectivity index (χ0n) is 26.2. The summed E-state index contributed by atoms with van der Waals surface area (Å²) in [6.07, 6.45) is 6.58. The molecule has 2 N–H and O–H groups in total. The van der Waals surface area contributed by atoms with Crippen LogP contribution in [0.5, 0.6) is 11.5 Å². The van der Waals surface area contributed by atoms with E-state index in [0.29, 0.717) is 34.7 Å². The molecule has 0 heterocycles. The number of anilines is 2. The summed E-state index contributed by atoms with van der Waals surface area (Å²) in [7, 11) is 3.12. The Bertz CT molecular complexity index is 1520. The zero-order valence-corrected chi connectivity index (χ0v) is 26.2.